The number of rotatable bonds is 7. The van der Waals surface area contributed by atoms with E-state index in [4.69, 9.17) is 0 Å². The van der Waals surface area contributed by atoms with Crippen LogP contribution in [0.3, 0.4) is 0 Å². The van der Waals surface area contributed by atoms with Gasteiger partial charge in [0.15, 0.2) is 0 Å². The van der Waals surface area contributed by atoms with Gasteiger partial charge in [-0.15, -0.1) is 0 Å². The first-order chi connectivity index (χ1) is 18.8. The number of alkyl halides is 6. The maximum atomic E-state index is 13.2. The summed E-state index contributed by atoms with van der Waals surface area (Å²) >= 11 is 0. The minimum Gasteiger partial charge on any atom is -0.393 e. The Hall–Kier alpha value is -1.54. The van der Waals surface area contributed by atoms with Crippen LogP contribution < -0.4 is 0 Å². The first-order valence-corrected chi connectivity index (χ1v) is 14.6. The number of fused-ring (bicyclic) bond motifs is 1. The van der Waals surface area contributed by atoms with Gasteiger partial charge < -0.3 is 20.4 Å². The summed E-state index contributed by atoms with van der Waals surface area (Å²) in [6.45, 7) is 5.46. The van der Waals surface area contributed by atoms with Crippen LogP contribution in [0.25, 0.3) is 0 Å². The van der Waals surface area contributed by atoms with Crippen LogP contribution in [0.15, 0.2) is 23.3 Å². The zero-order chi connectivity index (χ0) is 30.9. The topological polar surface area (TPSA) is 80.9 Å². The van der Waals surface area contributed by atoms with E-state index in [1.807, 2.05) is 6.08 Å². The lowest BCUT2D eigenvalue weighted by Gasteiger charge is -2.45. The molecule has 0 spiro atoms. The summed E-state index contributed by atoms with van der Waals surface area (Å²) in [6, 6.07) is 0. The van der Waals surface area contributed by atoms with Gasteiger partial charge in [0.05, 0.1) is 17.8 Å². The normalized spacial score (nSPS) is 32.5. The van der Waals surface area contributed by atoms with Crippen LogP contribution in [0.4, 0.5) is 26.3 Å². The van der Waals surface area contributed by atoms with E-state index in [2.05, 4.69) is 18.9 Å². The molecular formula is C31H44F6O4. The Morgan fingerprint density at radius 2 is 1.59 bits per heavy atom. The Bertz CT molecular complexity index is 1000. The molecular weight excluding hydrogens is 550 g/mol. The van der Waals surface area contributed by atoms with Crippen molar-refractivity contribution in [3.63, 3.8) is 0 Å². The predicted molar refractivity (Wildman–Crippen MR) is 143 cm³/mol. The van der Waals surface area contributed by atoms with Gasteiger partial charge >= 0.3 is 18.0 Å². The molecule has 6 atom stereocenters. The Kier molecular flexibility index (Phi) is 10.4. The maximum absolute atomic E-state index is 13.2. The fourth-order valence-corrected chi connectivity index (χ4v) is 7.44. The molecule has 0 saturated heterocycles. The lowest BCUT2D eigenvalue weighted by Crippen LogP contribution is -2.55. The standard InChI is InChI=1S/C31H44F6O4/c1-27(2,40)14-4-7-21(9-6-16-29(41,30(32,33)34)31(35,36)37)25-12-13-26-22(8-5-15-28(25,26)3)11-10-20-17-23(38)19-24(39)18-20/h10-11,21,23-26,38-41H,4-5,7-9,12-15,17-19H2,1-3H3/b20-10?,22-11+/t21-,23+,24?,25+,26?,28+/m0/s1. The molecule has 4 N–H and O–H groups in total. The van der Waals surface area contributed by atoms with E-state index in [-0.39, 0.29) is 29.6 Å². The van der Waals surface area contributed by atoms with Crippen molar-refractivity contribution in [2.45, 2.75) is 134 Å². The highest BCUT2D eigenvalue weighted by atomic mass is 19.4. The molecule has 0 aliphatic heterocycles. The molecule has 41 heavy (non-hydrogen) atoms. The van der Waals surface area contributed by atoms with Crippen LogP contribution in [0.5, 0.6) is 0 Å². The molecule has 234 valence electrons. The molecule has 0 amide bonds. The zero-order valence-electron chi connectivity index (χ0n) is 24.1. The van der Waals surface area contributed by atoms with Gasteiger partial charge in [0, 0.05) is 6.42 Å². The molecule has 3 aliphatic rings. The SMILES string of the molecule is CC(C)(O)CCC[C@@H](CC#CC(O)(C(F)(F)F)C(F)(F)F)[C@H]1CCC2/C(=C/C=C3CC(O)C[C@H](O)C3)CCC[C@@]21C. The van der Waals surface area contributed by atoms with E-state index in [1.165, 1.54) is 5.57 Å². The molecule has 0 aromatic carbocycles. The number of allylic oxidation sites excluding steroid dienone is 3. The van der Waals surface area contributed by atoms with Gasteiger partial charge in [-0.05, 0) is 107 Å². The Morgan fingerprint density at radius 1 is 0.976 bits per heavy atom. The summed E-state index contributed by atoms with van der Waals surface area (Å²) in [5.74, 6) is 3.13. The molecule has 10 heteroatoms. The lowest BCUT2D eigenvalue weighted by molar-refractivity contribution is -0.343. The Morgan fingerprint density at radius 3 is 2.15 bits per heavy atom. The molecule has 3 fully saturated rings. The van der Waals surface area contributed by atoms with Crippen LogP contribution in [0.1, 0.15) is 97.8 Å². The number of hydrogen-bond acceptors (Lipinski definition) is 4. The zero-order valence-corrected chi connectivity index (χ0v) is 24.1. The number of aliphatic hydroxyl groups is 4. The molecule has 0 radical (unpaired) electrons. The van der Waals surface area contributed by atoms with Crippen molar-refractivity contribution >= 4 is 0 Å². The molecule has 0 aromatic rings. The first kappa shape index (κ1) is 34.0. The first-order valence-electron chi connectivity index (χ1n) is 14.6. The van der Waals surface area contributed by atoms with Crippen molar-refractivity contribution in [1.29, 1.82) is 0 Å². The largest absolute Gasteiger partial charge is 0.438 e. The van der Waals surface area contributed by atoms with Gasteiger partial charge in [0.2, 0.25) is 0 Å². The van der Waals surface area contributed by atoms with Crippen molar-refractivity contribution in [3.05, 3.63) is 23.3 Å². The second-order valence-corrected chi connectivity index (χ2v) is 13.3. The van der Waals surface area contributed by atoms with Crippen molar-refractivity contribution in [3.8, 4) is 11.8 Å². The third kappa shape index (κ3) is 8.10. The summed E-state index contributed by atoms with van der Waals surface area (Å²) < 4.78 is 79.2. The smallest absolute Gasteiger partial charge is 0.393 e. The quantitative estimate of drug-likeness (QED) is 0.194. The average Bonchev–Trinajstić information content (AvgIpc) is 3.16. The van der Waals surface area contributed by atoms with Gasteiger partial charge in [-0.25, -0.2) is 0 Å². The number of aliphatic hydroxyl groups excluding tert-OH is 2. The van der Waals surface area contributed by atoms with Gasteiger partial charge in [-0.3, -0.25) is 0 Å². The van der Waals surface area contributed by atoms with E-state index in [1.54, 1.807) is 13.8 Å². The third-order valence-electron chi connectivity index (χ3n) is 9.50. The fourth-order valence-electron chi connectivity index (χ4n) is 7.44. The molecule has 3 saturated carbocycles. The summed E-state index contributed by atoms with van der Waals surface area (Å²) in [5.41, 5.74) is -4.05. The monoisotopic (exact) mass is 594 g/mol. The third-order valence-corrected chi connectivity index (χ3v) is 9.50. The summed E-state index contributed by atoms with van der Waals surface area (Å²) in [7, 11) is 0. The number of hydrogen-bond donors (Lipinski definition) is 4. The molecule has 0 bridgehead atoms. The second kappa shape index (κ2) is 12.6. The highest BCUT2D eigenvalue weighted by Crippen LogP contribution is 2.60. The van der Waals surface area contributed by atoms with Gasteiger partial charge in [-0.1, -0.05) is 42.6 Å². The Balaban J connectivity index is 1.87. The number of halogens is 6. The van der Waals surface area contributed by atoms with Crippen LogP contribution in [-0.4, -0.2) is 56.2 Å². The highest BCUT2D eigenvalue weighted by molar-refractivity contribution is 5.27. The highest BCUT2D eigenvalue weighted by Gasteiger charge is 2.70. The van der Waals surface area contributed by atoms with Crippen molar-refractivity contribution in [1.82, 2.24) is 0 Å². The van der Waals surface area contributed by atoms with Crippen molar-refractivity contribution in [2.75, 3.05) is 0 Å². The van der Waals surface area contributed by atoms with Crippen molar-refractivity contribution < 1.29 is 46.8 Å². The second-order valence-electron chi connectivity index (χ2n) is 13.3. The van der Waals surface area contributed by atoms with Crippen molar-refractivity contribution in [2.24, 2.45) is 23.2 Å². The minimum absolute atomic E-state index is 0.00292. The van der Waals surface area contributed by atoms with E-state index < -0.39 is 35.8 Å². The predicted octanol–water partition coefficient (Wildman–Crippen LogP) is 6.77. The van der Waals surface area contributed by atoms with Crippen LogP contribution in [0.2, 0.25) is 0 Å². The molecule has 3 aliphatic carbocycles. The molecule has 0 aromatic heterocycles. The van der Waals surface area contributed by atoms with Crippen LogP contribution in [0, 0.1) is 35.0 Å². The van der Waals surface area contributed by atoms with E-state index in [9.17, 15) is 46.8 Å². The van der Waals surface area contributed by atoms with Crippen LogP contribution in [-0.2, 0) is 0 Å². The molecule has 2 unspecified atom stereocenters. The van der Waals surface area contributed by atoms with Gasteiger partial charge in [0.25, 0.3) is 0 Å². The average molecular weight is 595 g/mol. The summed E-state index contributed by atoms with van der Waals surface area (Å²) in [5, 5.41) is 39.7. The van der Waals surface area contributed by atoms with E-state index >= 15 is 0 Å². The molecule has 4 nitrogen and oxygen atoms in total. The summed E-state index contributed by atoms with van der Waals surface area (Å²) in [6.07, 6.45) is -2.19. The van der Waals surface area contributed by atoms with E-state index in [0.717, 1.165) is 43.6 Å². The van der Waals surface area contributed by atoms with Gasteiger partial charge in [0.1, 0.15) is 0 Å². The lowest BCUT2D eigenvalue weighted by atomic mass is 9.60. The van der Waals surface area contributed by atoms with Gasteiger partial charge in [-0.2, -0.15) is 26.3 Å². The maximum Gasteiger partial charge on any atom is 0.438 e. The summed E-state index contributed by atoms with van der Waals surface area (Å²) in [4.78, 5) is 0. The molecule has 0 heterocycles. The minimum atomic E-state index is -5.99. The van der Waals surface area contributed by atoms with Crippen LogP contribution >= 0.6 is 0 Å². The molecule has 3 rings (SSSR count). The fraction of sp³-hybridized carbons (Fsp3) is 0.806. The Labute approximate surface area is 238 Å². The van der Waals surface area contributed by atoms with E-state index in [0.29, 0.717) is 38.5 Å².